The number of benzene rings is 3. The summed E-state index contributed by atoms with van der Waals surface area (Å²) in [6, 6.07) is 24.6. The van der Waals surface area contributed by atoms with Crippen molar-refractivity contribution >= 4 is 34.1 Å². The summed E-state index contributed by atoms with van der Waals surface area (Å²) in [5.41, 5.74) is 5.00. The van der Waals surface area contributed by atoms with E-state index in [1.54, 1.807) is 24.3 Å². The number of nitrogens with zero attached hydrogens (tertiary/aromatic N) is 1. The van der Waals surface area contributed by atoms with E-state index >= 15 is 0 Å². The lowest BCUT2D eigenvalue weighted by Crippen LogP contribution is -2.13. The van der Waals surface area contributed by atoms with E-state index in [1.807, 2.05) is 61.5 Å². The number of para-hydroxylation sites is 1. The number of carbonyl (C=O) groups is 1. The number of aromatic nitrogens is 1. The smallest absolute Gasteiger partial charge is 0.256 e. The van der Waals surface area contributed by atoms with E-state index < -0.39 is 0 Å². The Kier molecular flexibility index (Phi) is 4.61. The van der Waals surface area contributed by atoms with Crippen LogP contribution in [0.4, 0.5) is 5.69 Å². The zero-order chi connectivity index (χ0) is 18.8. The SMILES string of the molecule is Cc1ccccc1-c1cc(C(=O)Nc2ccc(Cl)cc2)c2ccccc2n1. The molecule has 0 spiro atoms. The molecule has 0 radical (unpaired) electrons. The first-order valence-electron chi connectivity index (χ1n) is 8.64. The van der Waals surface area contributed by atoms with Gasteiger partial charge in [-0.2, -0.15) is 0 Å². The molecule has 3 nitrogen and oxygen atoms in total. The van der Waals surface area contributed by atoms with Gasteiger partial charge in [-0.25, -0.2) is 4.98 Å². The van der Waals surface area contributed by atoms with Gasteiger partial charge in [0.15, 0.2) is 0 Å². The molecule has 0 fully saturated rings. The van der Waals surface area contributed by atoms with E-state index in [0.717, 1.165) is 27.7 Å². The fourth-order valence-electron chi connectivity index (χ4n) is 3.09. The number of nitrogens with one attached hydrogen (secondary N) is 1. The third kappa shape index (κ3) is 3.55. The number of amides is 1. The minimum absolute atomic E-state index is 0.175. The molecule has 0 bridgehead atoms. The van der Waals surface area contributed by atoms with E-state index in [9.17, 15) is 4.79 Å². The third-order valence-electron chi connectivity index (χ3n) is 4.48. The number of anilines is 1. The molecule has 1 heterocycles. The summed E-state index contributed by atoms with van der Waals surface area (Å²) in [7, 11) is 0. The lowest BCUT2D eigenvalue weighted by Gasteiger charge is -2.12. The fraction of sp³-hybridized carbons (Fsp3) is 0.0435. The van der Waals surface area contributed by atoms with Crippen LogP contribution < -0.4 is 5.32 Å². The predicted octanol–water partition coefficient (Wildman–Crippen LogP) is 6.12. The van der Waals surface area contributed by atoms with Crippen molar-refractivity contribution in [2.75, 3.05) is 5.32 Å². The normalized spacial score (nSPS) is 10.7. The molecule has 4 aromatic rings. The Morgan fingerprint density at radius 3 is 2.41 bits per heavy atom. The molecule has 0 saturated heterocycles. The van der Waals surface area contributed by atoms with Gasteiger partial charge in [0.1, 0.15) is 0 Å². The number of fused-ring (bicyclic) bond motifs is 1. The van der Waals surface area contributed by atoms with E-state index in [-0.39, 0.29) is 5.91 Å². The molecule has 1 N–H and O–H groups in total. The number of pyridine rings is 1. The summed E-state index contributed by atoms with van der Waals surface area (Å²) < 4.78 is 0. The summed E-state index contributed by atoms with van der Waals surface area (Å²) >= 11 is 5.93. The minimum atomic E-state index is -0.175. The van der Waals surface area contributed by atoms with Gasteiger partial charge in [0.05, 0.1) is 16.8 Å². The van der Waals surface area contributed by atoms with Crippen molar-refractivity contribution in [2.45, 2.75) is 6.92 Å². The van der Waals surface area contributed by atoms with Crippen molar-refractivity contribution in [1.82, 2.24) is 4.98 Å². The van der Waals surface area contributed by atoms with Gasteiger partial charge in [-0.1, -0.05) is 54.1 Å². The molecule has 0 aliphatic heterocycles. The number of carbonyl (C=O) groups excluding carboxylic acids is 1. The van der Waals surface area contributed by atoms with E-state index in [1.165, 1.54) is 0 Å². The highest BCUT2D eigenvalue weighted by Gasteiger charge is 2.15. The molecule has 0 atom stereocenters. The molecule has 27 heavy (non-hydrogen) atoms. The molecule has 4 heteroatoms. The lowest BCUT2D eigenvalue weighted by molar-refractivity contribution is 0.102. The van der Waals surface area contributed by atoms with Crippen LogP contribution in [0.2, 0.25) is 5.02 Å². The molecular formula is C23H17ClN2O. The fourth-order valence-corrected chi connectivity index (χ4v) is 3.22. The molecule has 1 amide bonds. The minimum Gasteiger partial charge on any atom is -0.322 e. The van der Waals surface area contributed by atoms with Crippen LogP contribution in [0, 0.1) is 6.92 Å². The second kappa shape index (κ2) is 7.22. The Balaban J connectivity index is 1.82. The first kappa shape index (κ1) is 17.3. The van der Waals surface area contributed by atoms with Gasteiger partial charge in [-0.05, 0) is 48.9 Å². The van der Waals surface area contributed by atoms with Gasteiger partial charge in [-0.3, -0.25) is 4.79 Å². The van der Waals surface area contributed by atoms with E-state index in [4.69, 9.17) is 16.6 Å². The molecule has 0 unspecified atom stereocenters. The summed E-state index contributed by atoms with van der Waals surface area (Å²) in [4.78, 5) is 17.8. The van der Waals surface area contributed by atoms with Crippen molar-refractivity contribution in [3.8, 4) is 11.3 Å². The Hall–Kier alpha value is -3.17. The first-order chi connectivity index (χ1) is 13.1. The maximum absolute atomic E-state index is 13.0. The summed E-state index contributed by atoms with van der Waals surface area (Å²) in [6.07, 6.45) is 0. The standard InChI is InChI=1S/C23H17ClN2O/c1-15-6-2-3-7-18(15)22-14-20(19-8-4-5-9-21(19)26-22)23(27)25-17-12-10-16(24)11-13-17/h2-14H,1H3,(H,25,27). The number of aryl methyl sites for hydroxylation is 1. The van der Waals surface area contributed by atoms with Gasteiger partial charge >= 0.3 is 0 Å². The molecule has 4 rings (SSSR count). The van der Waals surface area contributed by atoms with Crippen LogP contribution in [-0.2, 0) is 0 Å². The van der Waals surface area contributed by atoms with Crippen molar-refractivity contribution < 1.29 is 4.79 Å². The highest BCUT2D eigenvalue weighted by Crippen LogP contribution is 2.27. The molecular weight excluding hydrogens is 356 g/mol. The average molecular weight is 373 g/mol. The molecule has 132 valence electrons. The Labute approximate surface area is 162 Å². The van der Waals surface area contributed by atoms with Crippen LogP contribution in [-0.4, -0.2) is 10.9 Å². The van der Waals surface area contributed by atoms with Gasteiger partial charge in [-0.15, -0.1) is 0 Å². The third-order valence-corrected chi connectivity index (χ3v) is 4.74. The van der Waals surface area contributed by atoms with Crippen LogP contribution >= 0.6 is 11.6 Å². The average Bonchev–Trinajstić information content (AvgIpc) is 2.69. The van der Waals surface area contributed by atoms with Crippen molar-refractivity contribution in [1.29, 1.82) is 0 Å². The second-order valence-corrected chi connectivity index (χ2v) is 6.78. The molecule has 3 aromatic carbocycles. The maximum Gasteiger partial charge on any atom is 0.256 e. The first-order valence-corrected chi connectivity index (χ1v) is 9.02. The number of hydrogen-bond acceptors (Lipinski definition) is 2. The van der Waals surface area contributed by atoms with E-state index in [0.29, 0.717) is 16.3 Å². The predicted molar refractivity (Wildman–Crippen MR) is 111 cm³/mol. The molecule has 0 aliphatic carbocycles. The van der Waals surface area contributed by atoms with Crippen LogP contribution in [0.1, 0.15) is 15.9 Å². The Morgan fingerprint density at radius 1 is 0.926 bits per heavy atom. The highest BCUT2D eigenvalue weighted by atomic mass is 35.5. The molecule has 0 aliphatic rings. The summed E-state index contributed by atoms with van der Waals surface area (Å²) in [6.45, 7) is 2.04. The number of rotatable bonds is 3. The van der Waals surface area contributed by atoms with Gasteiger partial charge < -0.3 is 5.32 Å². The second-order valence-electron chi connectivity index (χ2n) is 6.35. The maximum atomic E-state index is 13.0. The Bertz CT molecular complexity index is 1140. The lowest BCUT2D eigenvalue weighted by atomic mass is 10.0. The number of hydrogen-bond donors (Lipinski definition) is 1. The van der Waals surface area contributed by atoms with Crippen molar-refractivity contribution in [3.05, 3.63) is 95.0 Å². The van der Waals surface area contributed by atoms with Gasteiger partial charge in [0, 0.05) is 21.7 Å². The van der Waals surface area contributed by atoms with Crippen LogP contribution in [0.25, 0.3) is 22.2 Å². The zero-order valence-corrected chi connectivity index (χ0v) is 15.5. The summed E-state index contributed by atoms with van der Waals surface area (Å²) in [5, 5.41) is 4.40. The Morgan fingerprint density at radius 2 is 1.63 bits per heavy atom. The largest absolute Gasteiger partial charge is 0.322 e. The highest BCUT2D eigenvalue weighted by molar-refractivity contribution is 6.30. The quantitative estimate of drug-likeness (QED) is 0.471. The molecule has 1 aromatic heterocycles. The van der Waals surface area contributed by atoms with Crippen LogP contribution in [0.15, 0.2) is 78.9 Å². The van der Waals surface area contributed by atoms with Crippen LogP contribution in [0.3, 0.4) is 0 Å². The number of halogens is 1. The zero-order valence-electron chi connectivity index (χ0n) is 14.7. The van der Waals surface area contributed by atoms with Gasteiger partial charge in [0.2, 0.25) is 0 Å². The van der Waals surface area contributed by atoms with Crippen molar-refractivity contribution in [2.24, 2.45) is 0 Å². The monoisotopic (exact) mass is 372 g/mol. The topological polar surface area (TPSA) is 42.0 Å². The van der Waals surface area contributed by atoms with Crippen molar-refractivity contribution in [3.63, 3.8) is 0 Å². The molecule has 0 saturated carbocycles. The van der Waals surface area contributed by atoms with Crippen LogP contribution in [0.5, 0.6) is 0 Å². The summed E-state index contributed by atoms with van der Waals surface area (Å²) in [5.74, 6) is -0.175. The van der Waals surface area contributed by atoms with Gasteiger partial charge in [0.25, 0.3) is 5.91 Å². The van der Waals surface area contributed by atoms with E-state index in [2.05, 4.69) is 5.32 Å².